The van der Waals surface area contributed by atoms with Gasteiger partial charge >= 0.3 is 0 Å². The second-order valence-electron chi connectivity index (χ2n) is 9.50. The maximum atomic E-state index is 13.2. The van der Waals surface area contributed by atoms with Crippen LogP contribution in [-0.2, 0) is 18.0 Å². The molecule has 5 aromatic carbocycles. The highest BCUT2D eigenvalue weighted by molar-refractivity contribution is 6.31. The molecule has 0 radical (unpaired) electrons. The summed E-state index contributed by atoms with van der Waals surface area (Å²) in [7, 11) is 0. The fourth-order valence-corrected chi connectivity index (χ4v) is 4.49. The van der Waals surface area contributed by atoms with E-state index >= 15 is 0 Å². The zero-order chi connectivity index (χ0) is 28.6. The molecule has 1 amide bonds. The number of amides is 1. The molecule has 202 valence electrons. The normalized spacial score (nSPS) is 11.1. The summed E-state index contributed by atoms with van der Waals surface area (Å²) in [6.07, 6.45) is 1.59. The van der Waals surface area contributed by atoms with Gasteiger partial charge in [0.1, 0.15) is 36.4 Å². The molecule has 0 fully saturated rings. The summed E-state index contributed by atoms with van der Waals surface area (Å²) in [5.74, 6) is 0.699. The molecule has 0 aliphatic heterocycles. The molecule has 6 heteroatoms. The number of hydrogen-bond acceptors (Lipinski definition) is 4. The maximum absolute atomic E-state index is 13.2. The molecular weight excluding hydrogens is 532 g/mol. The first kappa shape index (κ1) is 27.5. The summed E-state index contributed by atoms with van der Waals surface area (Å²) in [6, 6.07) is 36.3. The number of rotatable bonds is 9. The number of hydrogen-bond donors (Lipinski definition) is 1. The fraction of sp³-hybridized carbons (Fsp3) is 0.0857. The molecule has 0 saturated carbocycles. The summed E-state index contributed by atoms with van der Waals surface area (Å²) >= 11 is 6.20. The molecule has 0 aliphatic carbocycles. The van der Waals surface area contributed by atoms with Gasteiger partial charge in [0.15, 0.2) is 0 Å². The van der Waals surface area contributed by atoms with Crippen molar-refractivity contribution in [3.8, 4) is 17.6 Å². The Labute approximate surface area is 244 Å². The van der Waals surface area contributed by atoms with Gasteiger partial charge in [0.05, 0.1) is 0 Å². The van der Waals surface area contributed by atoms with Crippen molar-refractivity contribution in [2.24, 2.45) is 0 Å². The summed E-state index contributed by atoms with van der Waals surface area (Å²) in [6.45, 7) is 2.72. The molecule has 5 rings (SSSR count). The molecule has 0 aromatic heterocycles. The molecule has 0 saturated heterocycles. The van der Waals surface area contributed by atoms with E-state index in [9.17, 15) is 10.1 Å². The molecule has 5 nitrogen and oxygen atoms in total. The van der Waals surface area contributed by atoms with E-state index in [1.165, 1.54) is 5.56 Å². The zero-order valence-corrected chi connectivity index (χ0v) is 23.2. The smallest absolute Gasteiger partial charge is 0.266 e. The summed E-state index contributed by atoms with van der Waals surface area (Å²) < 4.78 is 12.0. The minimum atomic E-state index is -0.519. The Morgan fingerprint density at radius 1 is 0.854 bits per heavy atom. The summed E-state index contributed by atoms with van der Waals surface area (Å²) in [5, 5.41) is 15.2. The number of carbonyl (C=O) groups is 1. The molecule has 41 heavy (non-hydrogen) atoms. The summed E-state index contributed by atoms with van der Waals surface area (Å²) in [4.78, 5) is 13.2. The molecular formula is C35H27ClN2O3. The van der Waals surface area contributed by atoms with Crippen molar-refractivity contribution in [3.63, 3.8) is 0 Å². The van der Waals surface area contributed by atoms with Gasteiger partial charge < -0.3 is 14.8 Å². The number of carbonyl (C=O) groups excluding carboxylic acids is 1. The van der Waals surface area contributed by atoms with E-state index in [4.69, 9.17) is 21.1 Å². The lowest BCUT2D eigenvalue weighted by Gasteiger charge is -2.13. The summed E-state index contributed by atoms with van der Waals surface area (Å²) in [5.41, 5.74) is 4.25. The van der Waals surface area contributed by atoms with Gasteiger partial charge in [-0.2, -0.15) is 5.26 Å². The molecule has 0 bridgehead atoms. The average Bonchev–Trinajstić information content (AvgIpc) is 3.00. The van der Waals surface area contributed by atoms with Gasteiger partial charge in [0, 0.05) is 21.8 Å². The largest absolute Gasteiger partial charge is 0.489 e. The average molecular weight is 559 g/mol. The third-order valence-corrected chi connectivity index (χ3v) is 6.93. The Hall–Kier alpha value is -5.05. The Morgan fingerprint density at radius 2 is 1.59 bits per heavy atom. The predicted molar refractivity (Wildman–Crippen MR) is 164 cm³/mol. The number of nitriles is 1. The minimum Gasteiger partial charge on any atom is -0.489 e. The Kier molecular flexibility index (Phi) is 8.64. The van der Waals surface area contributed by atoms with Crippen LogP contribution in [0.5, 0.6) is 11.5 Å². The van der Waals surface area contributed by atoms with Gasteiger partial charge in [-0.25, -0.2) is 0 Å². The Morgan fingerprint density at radius 3 is 2.34 bits per heavy atom. The number of aryl methyl sites for hydroxylation is 1. The number of ether oxygens (including phenoxy) is 2. The van der Waals surface area contributed by atoms with Gasteiger partial charge in [-0.15, -0.1) is 0 Å². The minimum absolute atomic E-state index is 0.0411. The lowest BCUT2D eigenvalue weighted by molar-refractivity contribution is -0.112. The van der Waals surface area contributed by atoms with Crippen LogP contribution in [0.4, 0.5) is 5.69 Å². The molecule has 0 atom stereocenters. The third-order valence-electron chi connectivity index (χ3n) is 6.56. The van der Waals surface area contributed by atoms with Crippen LogP contribution in [-0.4, -0.2) is 5.91 Å². The van der Waals surface area contributed by atoms with Crippen molar-refractivity contribution in [2.75, 3.05) is 5.32 Å². The quantitative estimate of drug-likeness (QED) is 0.145. The number of halogens is 1. The topological polar surface area (TPSA) is 71.3 Å². The Balaban J connectivity index is 1.34. The molecule has 0 aliphatic rings. The van der Waals surface area contributed by atoms with Gasteiger partial charge in [0.2, 0.25) is 0 Å². The first-order valence-corrected chi connectivity index (χ1v) is 13.5. The van der Waals surface area contributed by atoms with E-state index in [1.807, 2.05) is 91.9 Å². The lowest BCUT2D eigenvalue weighted by atomic mass is 10.0. The van der Waals surface area contributed by atoms with Crippen molar-refractivity contribution < 1.29 is 14.3 Å². The zero-order valence-electron chi connectivity index (χ0n) is 22.4. The van der Waals surface area contributed by atoms with Crippen molar-refractivity contribution in [1.29, 1.82) is 5.26 Å². The number of nitrogens with zero attached hydrogens (tertiary/aromatic N) is 1. The van der Waals surface area contributed by atoms with E-state index in [1.54, 1.807) is 30.3 Å². The lowest BCUT2D eigenvalue weighted by Crippen LogP contribution is -2.13. The van der Waals surface area contributed by atoms with E-state index in [-0.39, 0.29) is 5.57 Å². The first-order valence-electron chi connectivity index (χ1n) is 13.1. The van der Waals surface area contributed by atoms with Crippen molar-refractivity contribution >= 4 is 40.0 Å². The molecule has 5 aromatic rings. The van der Waals surface area contributed by atoms with Crippen molar-refractivity contribution in [2.45, 2.75) is 20.1 Å². The van der Waals surface area contributed by atoms with Crippen LogP contribution in [0.3, 0.4) is 0 Å². The van der Waals surface area contributed by atoms with E-state index in [0.717, 1.165) is 21.9 Å². The monoisotopic (exact) mass is 558 g/mol. The highest BCUT2D eigenvalue weighted by Gasteiger charge is 2.14. The Bertz CT molecular complexity index is 1750. The van der Waals surface area contributed by atoms with Crippen molar-refractivity contribution in [1.82, 2.24) is 0 Å². The third kappa shape index (κ3) is 6.94. The van der Waals surface area contributed by atoms with Crippen LogP contribution in [0.1, 0.15) is 22.3 Å². The molecule has 0 spiro atoms. The second kappa shape index (κ2) is 12.9. The number of fused-ring (bicyclic) bond motifs is 1. The maximum Gasteiger partial charge on any atom is 0.266 e. The van der Waals surface area contributed by atoms with Gasteiger partial charge in [-0.05, 0) is 65.7 Å². The van der Waals surface area contributed by atoms with Crippen LogP contribution < -0.4 is 14.8 Å². The molecule has 0 heterocycles. The number of anilines is 1. The van der Waals surface area contributed by atoms with Crippen LogP contribution in [0.25, 0.3) is 16.8 Å². The number of nitrogens with one attached hydrogen (secondary N) is 1. The standard InChI is InChI=1S/C35H27ClN2O3/c1-24-10-12-25(13-11-24)22-41-34-19-14-26-6-2-4-8-31(26)32(34)20-28(21-37)35(39)38-29-15-17-30(18-16-29)40-23-27-7-3-5-9-33(27)36/h2-20H,22-23H2,1H3,(H,38,39)/b28-20+. The van der Waals surface area contributed by atoms with Gasteiger partial charge in [0.25, 0.3) is 5.91 Å². The van der Waals surface area contributed by atoms with Crippen LogP contribution in [0.15, 0.2) is 115 Å². The highest BCUT2D eigenvalue weighted by Crippen LogP contribution is 2.31. The van der Waals surface area contributed by atoms with Crippen LogP contribution >= 0.6 is 11.6 Å². The van der Waals surface area contributed by atoms with Crippen LogP contribution in [0.2, 0.25) is 5.02 Å². The second-order valence-corrected chi connectivity index (χ2v) is 9.91. The van der Waals surface area contributed by atoms with Gasteiger partial charge in [-0.1, -0.05) is 90.0 Å². The number of benzene rings is 5. The highest BCUT2D eigenvalue weighted by atomic mass is 35.5. The SMILES string of the molecule is Cc1ccc(COc2ccc3ccccc3c2/C=C(\C#N)C(=O)Nc2ccc(OCc3ccccc3Cl)cc2)cc1. The molecule has 0 unspecified atom stereocenters. The van der Waals surface area contributed by atoms with E-state index in [0.29, 0.717) is 41.0 Å². The predicted octanol–water partition coefficient (Wildman–Crippen LogP) is 8.51. The van der Waals surface area contributed by atoms with Crippen LogP contribution in [0, 0.1) is 18.3 Å². The van der Waals surface area contributed by atoms with Crippen molar-refractivity contribution in [3.05, 3.63) is 142 Å². The molecule has 1 N–H and O–H groups in total. The van der Waals surface area contributed by atoms with E-state index < -0.39 is 5.91 Å². The first-order chi connectivity index (χ1) is 20.0. The fourth-order valence-electron chi connectivity index (χ4n) is 4.30. The van der Waals surface area contributed by atoms with E-state index in [2.05, 4.69) is 11.4 Å². The van der Waals surface area contributed by atoms with Gasteiger partial charge in [-0.3, -0.25) is 4.79 Å².